The van der Waals surface area contributed by atoms with Crippen LogP contribution in [0.1, 0.15) is 13.3 Å². The normalized spacial score (nSPS) is 20.8. The van der Waals surface area contributed by atoms with Crippen molar-refractivity contribution in [1.82, 2.24) is 10.6 Å². The van der Waals surface area contributed by atoms with Crippen molar-refractivity contribution in [1.29, 1.82) is 5.41 Å². The van der Waals surface area contributed by atoms with Gasteiger partial charge in [0.05, 0.1) is 28.5 Å². The Bertz CT molecular complexity index is 802. The first-order valence-electron chi connectivity index (χ1n) is 9.33. The quantitative estimate of drug-likeness (QED) is 0.283. The summed E-state index contributed by atoms with van der Waals surface area (Å²) in [6.45, 7) is 3.69. The van der Waals surface area contributed by atoms with Crippen LogP contribution in [-0.2, 0) is 9.53 Å². The van der Waals surface area contributed by atoms with Crippen LogP contribution in [0.15, 0.2) is 34.7 Å². The summed E-state index contributed by atoms with van der Waals surface area (Å²) in [4.78, 5) is 25.9. The summed E-state index contributed by atoms with van der Waals surface area (Å²) in [5.74, 6) is 0.336. The molecule has 1 aromatic carbocycles. The minimum absolute atomic E-state index is 0.0977. The highest BCUT2D eigenvalue weighted by atomic mass is 35.5. The molecule has 8 nitrogen and oxygen atoms in total. The molecule has 1 aromatic rings. The van der Waals surface area contributed by atoms with E-state index in [0.717, 1.165) is 11.4 Å². The van der Waals surface area contributed by atoms with Gasteiger partial charge in [-0.25, -0.2) is 4.79 Å². The van der Waals surface area contributed by atoms with Crippen LogP contribution in [0.3, 0.4) is 0 Å². The maximum atomic E-state index is 12.2. The van der Waals surface area contributed by atoms with Crippen LogP contribution in [0, 0.1) is 5.41 Å². The molecule has 10 heteroatoms. The van der Waals surface area contributed by atoms with Gasteiger partial charge in [-0.3, -0.25) is 15.1 Å². The summed E-state index contributed by atoms with van der Waals surface area (Å²) in [5, 5.41) is 16.1. The molecule has 2 heterocycles. The number of carbonyl (C=O) groups is 2. The molecule has 4 N–H and O–H groups in total. The standard InChI is InChI=1S/C19H24ClN5O3S/c1-12(21)22-8-9-23-13-2-4-14(5-3-13)25-11-15(28-19(25)27)10-24-18(26)16-6-7-17(20)29-16/h2-5,7,15-16,23H,6,8-11H2,1H3,(H2,21,22)(H,24,26)/t15-,16?/m0/s1. The Morgan fingerprint density at radius 3 is 2.72 bits per heavy atom. The van der Waals surface area contributed by atoms with Gasteiger partial charge in [0, 0.05) is 24.5 Å². The van der Waals surface area contributed by atoms with Crippen LogP contribution in [0.2, 0.25) is 0 Å². The lowest BCUT2D eigenvalue weighted by molar-refractivity contribution is -0.120. The molecule has 2 amide bonds. The van der Waals surface area contributed by atoms with E-state index in [-0.39, 0.29) is 17.7 Å². The Balaban J connectivity index is 1.44. The molecule has 29 heavy (non-hydrogen) atoms. The van der Waals surface area contributed by atoms with E-state index in [1.165, 1.54) is 11.8 Å². The van der Waals surface area contributed by atoms with Crippen molar-refractivity contribution in [3.63, 3.8) is 0 Å². The molecule has 1 fully saturated rings. The smallest absolute Gasteiger partial charge is 0.414 e. The number of allylic oxidation sites excluding steroid dienone is 1. The number of cyclic esters (lactones) is 1. The van der Waals surface area contributed by atoms with Gasteiger partial charge >= 0.3 is 6.09 Å². The Morgan fingerprint density at radius 1 is 1.31 bits per heavy atom. The Kier molecular flexibility index (Phi) is 7.27. The van der Waals surface area contributed by atoms with Crippen LogP contribution in [0.5, 0.6) is 0 Å². The SMILES string of the molecule is CC(=N)NCCNc1ccc(N2C[C@H](CNC(=O)C3CC=C(Cl)S3)OC2=O)cc1. The van der Waals surface area contributed by atoms with E-state index in [4.69, 9.17) is 21.7 Å². The molecule has 0 spiro atoms. The molecule has 2 atom stereocenters. The van der Waals surface area contributed by atoms with Crippen LogP contribution in [0.4, 0.5) is 16.2 Å². The number of rotatable bonds is 8. The van der Waals surface area contributed by atoms with E-state index in [0.29, 0.717) is 36.3 Å². The van der Waals surface area contributed by atoms with Crippen LogP contribution < -0.4 is 20.9 Å². The molecular weight excluding hydrogens is 414 g/mol. The molecular formula is C19H24ClN5O3S. The summed E-state index contributed by atoms with van der Waals surface area (Å²) >= 11 is 7.23. The number of carbonyl (C=O) groups excluding carboxylic acids is 2. The number of nitrogens with one attached hydrogen (secondary N) is 4. The highest BCUT2D eigenvalue weighted by Crippen LogP contribution is 2.34. The number of halogens is 1. The maximum Gasteiger partial charge on any atom is 0.414 e. The van der Waals surface area contributed by atoms with Gasteiger partial charge in [0.15, 0.2) is 0 Å². The van der Waals surface area contributed by atoms with Crippen molar-refractivity contribution >= 4 is 52.6 Å². The number of ether oxygens (including phenoxy) is 1. The van der Waals surface area contributed by atoms with E-state index in [2.05, 4.69) is 16.0 Å². The monoisotopic (exact) mass is 437 g/mol. The first-order chi connectivity index (χ1) is 13.9. The molecule has 0 bridgehead atoms. The van der Waals surface area contributed by atoms with E-state index < -0.39 is 12.2 Å². The summed E-state index contributed by atoms with van der Waals surface area (Å²) in [6.07, 6.45) is 1.63. The van der Waals surface area contributed by atoms with E-state index in [1.807, 2.05) is 30.3 Å². The molecule has 156 valence electrons. The van der Waals surface area contributed by atoms with Gasteiger partial charge in [-0.1, -0.05) is 17.7 Å². The number of amidine groups is 1. The molecule has 2 aliphatic heterocycles. The Morgan fingerprint density at radius 2 is 2.07 bits per heavy atom. The van der Waals surface area contributed by atoms with Crippen LogP contribution in [0.25, 0.3) is 0 Å². The fraction of sp³-hybridized carbons (Fsp3) is 0.421. The van der Waals surface area contributed by atoms with Gasteiger partial charge in [0.1, 0.15) is 6.10 Å². The lowest BCUT2D eigenvalue weighted by Crippen LogP contribution is -2.38. The zero-order chi connectivity index (χ0) is 20.8. The Labute approximate surface area is 178 Å². The highest BCUT2D eigenvalue weighted by molar-refractivity contribution is 8.06. The van der Waals surface area contributed by atoms with Gasteiger partial charge in [0.2, 0.25) is 5.91 Å². The molecule has 0 saturated carbocycles. The third kappa shape index (κ3) is 6.04. The zero-order valence-electron chi connectivity index (χ0n) is 16.0. The molecule has 0 aromatic heterocycles. The van der Waals surface area contributed by atoms with Gasteiger partial charge in [0.25, 0.3) is 0 Å². The van der Waals surface area contributed by atoms with Crippen molar-refractivity contribution in [2.24, 2.45) is 0 Å². The van der Waals surface area contributed by atoms with Crippen LogP contribution >= 0.6 is 23.4 Å². The summed E-state index contributed by atoms with van der Waals surface area (Å²) in [7, 11) is 0. The number of hydrogen-bond acceptors (Lipinski definition) is 6. The van der Waals surface area contributed by atoms with Gasteiger partial charge in [-0.05, 0) is 37.6 Å². The largest absolute Gasteiger partial charge is 0.442 e. The van der Waals surface area contributed by atoms with Gasteiger partial charge < -0.3 is 20.7 Å². The molecule has 0 radical (unpaired) electrons. The topological polar surface area (TPSA) is 107 Å². The van der Waals surface area contributed by atoms with Gasteiger partial charge in [-0.2, -0.15) is 0 Å². The molecule has 1 unspecified atom stereocenters. The molecule has 0 aliphatic carbocycles. The van der Waals surface area contributed by atoms with Crippen molar-refractivity contribution < 1.29 is 14.3 Å². The minimum atomic E-state index is -0.421. The van der Waals surface area contributed by atoms with Crippen molar-refractivity contribution in [2.45, 2.75) is 24.7 Å². The second-order valence-electron chi connectivity index (χ2n) is 6.74. The summed E-state index contributed by atoms with van der Waals surface area (Å²) in [5.41, 5.74) is 1.67. The van der Waals surface area contributed by atoms with Crippen LogP contribution in [-0.4, -0.2) is 55.4 Å². The number of anilines is 2. The first-order valence-corrected chi connectivity index (χ1v) is 10.6. The molecule has 2 aliphatic rings. The highest BCUT2D eigenvalue weighted by Gasteiger charge is 2.33. The van der Waals surface area contributed by atoms with Crippen molar-refractivity contribution in [3.8, 4) is 0 Å². The Hall–Kier alpha value is -2.39. The second-order valence-corrected chi connectivity index (χ2v) is 8.61. The van der Waals surface area contributed by atoms with E-state index in [9.17, 15) is 9.59 Å². The van der Waals surface area contributed by atoms with Crippen molar-refractivity contribution in [3.05, 3.63) is 34.7 Å². The third-order valence-corrected chi connectivity index (χ3v) is 5.95. The maximum absolute atomic E-state index is 12.2. The fourth-order valence-corrected chi connectivity index (χ4v) is 4.23. The molecule has 3 rings (SSSR count). The molecule has 1 saturated heterocycles. The predicted molar refractivity (Wildman–Crippen MR) is 117 cm³/mol. The first kappa shape index (κ1) is 21.3. The average molecular weight is 438 g/mol. The summed E-state index contributed by atoms with van der Waals surface area (Å²) < 4.78 is 6.02. The number of nitrogens with zero attached hydrogens (tertiary/aromatic N) is 1. The predicted octanol–water partition coefficient (Wildman–Crippen LogP) is 2.71. The zero-order valence-corrected chi connectivity index (χ0v) is 17.6. The van der Waals surface area contributed by atoms with Crippen molar-refractivity contribution in [2.75, 3.05) is 36.4 Å². The van der Waals surface area contributed by atoms with E-state index >= 15 is 0 Å². The van der Waals surface area contributed by atoms with E-state index in [1.54, 1.807) is 11.8 Å². The summed E-state index contributed by atoms with van der Waals surface area (Å²) in [6, 6.07) is 7.48. The number of benzene rings is 1. The third-order valence-electron chi connectivity index (χ3n) is 4.44. The average Bonchev–Trinajstić information content (AvgIpc) is 3.29. The lowest BCUT2D eigenvalue weighted by atomic mass is 10.2. The number of hydrogen-bond donors (Lipinski definition) is 4. The number of amides is 2. The fourth-order valence-electron chi connectivity index (χ4n) is 2.98. The van der Waals surface area contributed by atoms with Gasteiger partial charge in [-0.15, -0.1) is 11.8 Å². The minimum Gasteiger partial charge on any atom is -0.442 e. The lowest BCUT2D eigenvalue weighted by Gasteiger charge is -2.15. The number of thioether (sulfide) groups is 1. The second kappa shape index (κ2) is 9.89.